The molecule has 2 unspecified atom stereocenters. The molecule has 2 aromatic rings. The Morgan fingerprint density at radius 2 is 2.11 bits per heavy atom. The monoisotopic (exact) mass is 377 g/mol. The smallest absolute Gasteiger partial charge is 0.307 e. The largest absolute Gasteiger partial charge is 0.481 e. The van der Waals surface area contributed by atoms with E-state index in [2.05, 4.69) is 15.5 Å². The molecule has 0 radical (unpaired) electrons. The number of nitrogens with zero attached hydrogens (tertiary/aromatic N) is 1. The summed E-state index contributed by atoms with van der Waals surface area (Å²) in [4.78, 5) is 35.2. The Morgan fingerprint density at radius 3 is 2.89 bits per heavy atom. The number of carboxylic acids is 1. The molecule has 1 aromatic heterocycles. The minimum absolute atomic E-state index is 0.211. The molecule has 7 heteroatoms. The lowest BCUT2D eigenvalue weighted by Crippen LogP contribution is -2.44. The average Bonchev–Trinajstić information content (AvgIpc) is 3.48. The van der Waals surface area contributed by atoms with Crippen LogP contribution in [0.2, 0.25) is 0 Å². The second-order valence-electron chi connectivity index (χ2n) is 7.01. The summed E-state index contributed by atoms with van der Waals surface area (Å²) < 4.78 is 0. The van der Waals surface area contributed by atoms with Gasteiger partial charge in [-0.15, -0.1) is 0 Å². The number of aromatic amines is 1. The first kappa shape index (κ1) is 17.9. The number of allylic oxidation sites excluding steroid dienone is 2. The van der Waals surface area contributed by atoms with Gasteiger partial charge >= 0.3 is 5.97 Å². The number of aromatic nitrogens is 2. The van der Waals surface area contributed by atoms with Gasteiger partial charge in [0.05, 0.1) is 17.5 Å². The maximum absolute atomic E-state index is 12.2. The second-order valence-corrected chi connectivity index (χ2v) is 7.01. The van der Waals surface area contributed by atoms with Crippen LogP contribution in [0.25, 0.3) is 12.2 Å². The molecule has 1 saturated carbocycles. The van der Waals surface area contributed by atoms with E-state index in [4.69, 9.17) is 5.11 Å². The highest BCUT2D eigenvalue weighted by molar-refractivity contribution is 5.98. The van der Waals surface area contributed by atoms with Crippen LogP contribution >= 0.6 is 0 Å². The van der Waals surface area contributed by atoms with Crippen molar-refractivity contribution in [3.8, 4) is 0 Å². The van der Waals surface area contributed by atoms with Gasteiger partial charge in [0.2, 0.25) is 5.91 Å². The Morgan fingerprint density at radius 1 is 1.25 bits per heavy atom. The Kier molecular flexibility index (Phi) is 4.65. The molecule has 0 aliphatic heterocycles. The first-order valence-electron chi connectivity index (χ1n) is 9.10. The predicted molar refractivity (Wildman–Crippen MR) is 104 cm³/mol. The average molecular weight is 377 g/mol. The van der Waals surface area contributed by atoms with Crippen molar-refractivity contribution in [2.45, 2.75) is 19.3 Å². The summed E-state index contributed by atoms with van der Waals surface area (Å²) in [5.41, 5.74) is 2.07. The van der Waals surface area contributed by atoms with Crippen LogP contribution < -0.4 is 21.3 Å². The topological polar surface area (TPSA) is 112 Å². The van der Waals surface area contributed by atoms with E-state index in [0.717, 1.165) is 16.5 Å². The maximum atomic E-state index is 12.2. The molecule has 7 nitrogen and oxygen atoms in total. The summed E-state index contributed by atoms with van der Waals surface area (Å²) in [6.07, 6.45) is 9.22. The first-order chi connectivity index (χ1) is 13.5. The predicted octanol–water partition coefficient (Wildman–Crippen LogP) is 0.541. The molecule has 0 bridgehead atoms. The number of aliphatic carboxylic acids is 1. The number of carboxylic acid groups (broad SMARTS) is 1. The third-order valence-electron chi connectivity index (χ3n) is 5.01. The van der Waals surface area contributed by atoms with Crippen molar-refractivity contribution < 1.29 is 14.7 Å². The molecule has 4 rings (SSSR count). The number of carbonyl (C=O) groups excluding carboxylic acids is 1. The van der Waals surface area contributed by atoms with Crippen LogP contribution in [0.1, 0.15) is 24.1 Å². The molecule has 1 amide bonds. The summed E-state index contributed by atoms with van der Waals surface area (Å²) in [5.74, 6) is -2.24. The fraction of sp³-hybridized carbons (Fsp3) is 0.238. The molecule has 1 fully saturated rings. The third kappa shape index (κ3) is 3.64. The van der Waals surface area contributed by atoms with Gasteiger partial charge in [0.1, 0.15) is 0 Å². The molecule has 0 saturated heterocycles. The lowest BCUT2D eigenvalue weighted by atomic mass is 10.1. The van der Waals surface area contributed by atoms with Crippen molar-refractivity contribution >= 4 is 29.7 Å². The molecule has 2 aliphatic rings. The lowest BCUT2D eigenvalue weighted by molar-refractivity contribution is -0.139. The lowest BCUT2D eigenvalue weighted by Gasteiger charge is -2.08. The molecule has 1 heterocycles. The molecule has 2 atom stereocenters. The number of hydrogen-bond donors (Lipinski definition) is 3. The normalized spacial score (nSPS) is 19.6. The van der Waals surface area contributed by atoms with Crippen LogP contribution in [0.15, 0.2) is 41.2 Å². The zero-order valence-electron chi connectivity index (χ0n) is 15.0. The van der Waals surface area contributed by atoms with Crippen LogP contribution in [0.5, 0.6) is 0 Å². The molecule has 2 aliphatic carbocycles. The van der Waals surface area contributed by atoms with E-state index in [0.29, 0.717) is 30.2 Å². The van der Waals surface area contributed by atoms with Crippen molar-refractivity contribution in [3.05, 3.63) is 68.5 Å². The van der Waals surface area contributed by atoms with Crippen LogP contribution in [0.3, 0.4) is 0 Å². The Hall–Kier alpha value is -3.48. The number of nitrogens with one attached hydrogen (secondary N) is 2. The number of anilines is 1. The zero-order chi connectivity index (χ0) is 19.7. The van der Waals surface area contributed by atoms with Crippen molar-refractivity contribution in [1.82, 2.24) is 10.2 Å². The van der Waals surface area contributed by atoms with Gasteiger partial charge in [-0.3, -0.25) is 14.4 Å². The summed E-state index contributed by atoms with van der Waals surface area (Å²) in [6, 6.07) is 7.35. The fourth-order valence-electron chi connectivity index (χ4n) is 3.41. The van der Waals surface area contributed by atoms with Crippen LogP contribution in [0.4, 0.5) is 5.69 Å². The van der Waals surface area contributed by atoms with E-state index < -0.39 is 17.8 Å². The highest BCUT2D eigenvalue weighted by Crippen LogP contribution is 2.39. The van der Waals surface area contributed by atoms with Gasteiger partial charge in [-0.1, -0.05) is 36.4 Å². The standard InChI is InChI=1S/C21H19N3O4/c25-19(16-11-17(16)21(27)28)22-13-6-4-5-12(9-13)10-18-14-7-2-1-3-8-15(14)20(26)24-23-18/h1-2,4-9,16-17H,3,10-11H2,(H,22,25)(H,24,26)(H,27,28). The Balaban J connectivity index is 1.56. The van der Waals surface area contributed by atoms with Gasteiger partial charge in [0, 0.05) is 22.5 Å². The number of H-pyrrole nitrogens is 1. The number of fused-ring (bicyclic) bond motifs is 1. The number of amides is 1. The van der Waals surface area contributed by atoms with Gasteiger partial charge in [0.25, 0.3) is 5.56 Å². The number of carbonyl (C=O) groups is 2. The van der Waals surface area contributed by atoms with Gasteiger partial charge in [0.15, 0.2) is 0 Å². The SMILES string of the molecule is O=C(O)C1CC1C(=O)Nc1cccc(Cc2n[nH]c(=O)c3c2=CC=CCC=3)c1. The van der Waals surface area contributed by atoms with E-state index in [9.17, 15) is 14.4 Å². The summed E-state index contributed by atoms with van der Waals surface area (Å²) in [7, 11) is 0. The summed E-state index contributed by atoms with van der Waals surface area (Å²) in [5, 5.41) is 19.9. The van der Waals surface area contributed by atoms with Crippen molar-refractivity contribution in [1.29, 1.82) is 0 Å². The van der Waals surface area contributed by atoms with Gasteiger partial charge < -0.3 is 10.4 Å². The second kappa shape index (κ2) is 7.26. The zero-order valence-corrected chi connectivity index (χ0v) is 15.0. The van der Waals surface area contributed by atoms with E-state index in [1.54, 1.807) is 6.07 Å². The molecule has 0 spiro atoms. The molecule has 3 N–H and O–H groups in total. The minimum Gasteiger partial charge on any atom is -0.481 e. The minimum atomic E-state index is -0.930. The highest BCUT2D eigenvalue weighted by Gasteiger charge is 2.48. The quantitative estimate of drug-likeness (QED) is 0.704. The summed E-state index contributed by atoms with van der Waals surface area (Å²) >= 11 is 0. The van der Waals surface area contributed by atoms with Gasteiger partial charge in [-0.25, -0.2) is 5.10 Å². The Bertz CT molecular complexity index is 1160. The molecular weight excluding hydrogens is 358 g/mol. The summed E-state index contributed by atoms with van der Waals surface area (Å²) in [6.45, 7) is 0. The van der Waals surface area contributed by atoms with E-state index >= 15 is 0 Å². The third-order valence-corrected chi connectivity index (χ3v) is 5.01. The van der Waals surface area contributed by atoms with Crippen LogP contribution in [-0.4, -0.2) is 27.2 Å². The maximum Gasteiger partial charge on any atom is 0.307 e. The number of hydrogen-bond acceptors (Lipinski definition) is 4. The highest BCUT2D eigenvalue weighted by atomic mass is 16.4. The molecule has 142 valence electrons. The van der Waals surface area contributed by atoms with Crippen molar-refractivity contribution in [2.24, 2.45) is 11.8 Å². The molecule has 1 aromatic carbocycles. The number of benzene rings is 1. The number of rotatable bonds is 5. The molecular formula is C21H19N3O4. The molecule has 28 heavy (non-hydrogen) atoms. The van der Waals surface area contributed by atoms with Crippen molar-refractivity contribution in [3.63, 3.8) is 0 Å². The fourth-order valence-corrected chi connectivity index (χ4v) is 3.41. The Labute approximate surface area is 160 Å². The van der Waals surface area contributed by atoms with Gasteiger partial charge in [-0.2, -0.15) is 5.10 Å². The van der Waals surface area contributed by atoms with E-state index in [-0.39, 0.29) is 11.5 Å². The van der Waals surface area contributed by atoms with Crippen molar-refractivity contribution in [2.75, 3.05) is 5.32 Å². The van der Waals surface area contributed by atoms with E-state index in [1.165, 1.54) is 0 Å². The van der Waals surface area contributed by atoms with Crippen LogP contribution in [-0.2, 0) is 16.0 Å². The van der Waals surface area contributed by atoms with E-state index in [1.807, 2.05) is 42.5 Å². The van der Waals surface area contributed by atoms with Gasteiger partial charge in [-0.05, 0) is 30.5 Å². The first-order valence-corrected chi connectivity index (χ1v) is 9.10. The van der Waals surface area contributed by atoms with Crippen LogP contribution in [0, 0.1) is 11.8 Å².